The number of hydrogen-bond donors (Lipinski definition) is 1. The first-order valence-corrected chi connectivity index (χ1v) is 6.15. The van der Waals surface area contributed by atoms with E-state index in [4.69, 9.17) is 0 Å². The Morgan fingerprint density at radius 3 is 2.85 bits per heavy atom. The van der Waals surface area contributed by atoms with Gasteiger partial charge in [0.2, 0.25) is 0 Å². The summed E-state index contributed by atoms with van der Waals surface area (Å²) in [7, 11) is 0. The van der Waals surface area contributed by atoms with Crippen molar-refractivity contribution in [1.82, 2.24) is 9.66 Å². The second-order valence-electron chi connectivity index (χ2n) is 4.51. The van der Waals surface area contributed by atoms with Gasteiger partial charge in [0.15, 0.2) is 0 Å². The molecule has 0 aliphatic heterocycles. The number of aromatic nitrogens is 2. The Morgan fingerprint density at radius 1 is 1.25 bits per heavy atom. The van der Waals surface area contributed by atoms with E-state index in [2.05, 4.69) is 10.4 Å². The summed E-state index contributed by atoms with van der Waals surface area (Å²) in [6.07, 6.45) is 1.52. The molecule has 2 aromatic carbocycles. The van der Waals surface area contributed by atoms with Crippen molar-refractivity contribution in [3.8, 4) is 0 Å². The van der Waals surface area contributed by atoms with Crippen molar-refractivity contribution < 1.29 is 9.18 Å². The highest BCUT2D eigenvalue weighted by Gasteiger charge is 2.10. The van der Waals surface area contributed by atoms with Crippen LogP contribution in [0.15, 0.2) is 48.8 Å². The van der Waals surface area contributed by atoms with Gasteiger partial charge < -0.3 is 0 Å². The molecule has 0 spiro atoms. The van der Waals surface area contributed by atoms with Crippen LogP contribution < -0.4 is 5.43 Å². The third kappa shape index (κ3) is 2.14. The molecule has 3 rings (SSSR count). The zero-order valence-electron chi connectivity index (χ0n) is 10.8. The van der Waals surface area contributed by atoms with E-state index in [0.717, 1.165) is 11.0 Å². The fraction of sp³-hybridized carbons (Fsp3) is 0.0667. The van der Waals surface area contributed by atoms with Crippen LogP contribution in [-0.2, 0) is 0 Å². The van der Waals surface area contributed by atoms with Crippen molar-refractivity contribution >= 4 is 16.9 Å². The molecule has 1 amide bonds. The van der Waals surface area contributed by atoms with Crippen LogP contribution in [0.2, 0.25) is 0 Å². The standard InChI is InChI=1S/C15H12FN3O/c1-10-6-7-11(8-12(10)16)15(20)18-19-9-17-13-4-2-3-5-14(13)19/h2-9H,1H3,(H,18,20). The molecule has 1 aromatic heterocycles. The lowest BCUT2D eigenvalue weighted by Gasteiger charge is -2.07. The van der Waals surface area contributed by atoms with E-state index in [-0.39, 0.29) is 11.5 Å². The number of halogens is 1. The molecule has 5 heteroatoms. The number of hydrogen-bond acceptors (Lipinski definition) is 2. The minimum atomic E-state index is -0.395. The van der Waals surface area contributed by atoms with Crippen LogP contribution in [0.5, 0.6) is 0 Å². The zero-order valence-corrected chi connectivity index (χ0v) is 10.8. The van der Waals surface area contributed by atoms with Crippen LogP contribution in [0.1, 0.15) is 15.9 Å². The molecule has 0 fully saturated rings. The van der Waals surface area contributed by atoms with Crippen LogP contribution >= 0.6 is 0 Å². The predicted octanol–water partition coefficient (Wildman–Crippen LogP) is 2.87. The maximum atomic E-state index is 13.5. The number of nitrogens with one attached hydrogen (secondary N) is 1. The van der Waals surface area contributed by atoms with Crippen LogP contribution in [-0.4, -0.2) is 15.6 Å². The Bertz CT molecular complexity index is 795. The maximum Gasteiger partial charge on any atom is 0.270 e. The fourth-order valence-corrected chi connectivity index (χ4v) is 1.96. The average Bonchev–Trinajstić information content (AvgIpc) is 2.85. The van der Waals surface area contributed by atoms with Crippen LogP contribution in [0.25, 0.3) is 11.0 Å². The molecule has 0 aliphatic rings. The van der Waals surface area contributed by atoms with Gasteiger partial charge in [-0.15, -0.1) is 0 Å². The quantitative estimate of drug-likeness (QED) is 0.777. The highest BCUT2D eigenvalue weighted by Crippen LogP contribution is 2.12. The van der Waals surface area contributed by atoms with Crippen molar-refractivity contribution in [2.75, 3.05) is 5.43 Å². The molecule has 4 nitrogen and oxygen atoms in total. The van der Waals surface area contributed by atoms with E-state index in [1.807, 2.05) is 24.3 Å². The zero-order chi connectivity index (χ0) is 14.1. The summed E-state index contributed by atoms with van der Waals surface area (Å²) >= 11 is 0. The third-order valence-electron chi connectivity index (χ3n) is 3.11. The van der Waals surface area contributed by atoms with Crippen LogP contribution in [0.4, 0.5) is 4.39 Å². The maximum absolute atomic E-state index is 13.5. The van der Waals surface area contributed by atoms with Gasteiger partial charge in [-0.25, -0.2) is 14.1 Å². The second-order valence-corrected chi connectivity index (χ2v) is 4.51. The van der Waals surface area contributed by atoms with Gasteiger partial charge in [0.05, 0.1) is 11.0 Å². The summed E-state index contributed by atoms with van der Waals surface area (Å²) < 4.78 is 15.0. The van der Waals surface area contributed by atoms with E-state index in [1.165, 1.54) is 17.1 Å². The second kappa shape index (κ2) is 4.77. The first-order chi connectivity index (χ1) is 9.65. The number of carbonyl (C=O) groups is 1. The molecular weight excluding hydrogens is 257 g/mol. The van der Waals surface area contributed by atoms with Gasteiger partial charge in [0, 0.05) is 5.56 Å². The lowest BCUT2D eigenvalue weighted by atomic mass is 10.1. The van der Waals surface area contributed by atoms with Gasteiger partial charge in [-0.3, -0.25) is 10.2 Å². The summed E-state index contributed by atoms with van der Waals surface area (Å²) in [5.41, 5.74) is 5.02. The number of carbonyl (C=O) groups excluding carboxylic acids is 1. The molecule has 0 radical (unpaired) electrons. The topological polar surface area (TPSA) is 46.9 Å². The molecule has 0 unspecified atom stereocenters. The molecule has 1 heterocycles. The molecule has 3 aromatic rings. The number of fused-ring (bicyclic) bond motifs is 1. The number of amides is 1. The summed E-state index contributed by atoms with van der Waals surface area (Å²) in [5.74, 6) is -0.778. The third-order valence-corrected chi connectivity index (χ3v) is 3.11. The molecule has 0 saturated carbocycles. The lowest BCUT2D eigenvalue weighted by molar-refractivity contribution is 0.101. The Morgan fingerprint density at radius 2 is 2.05 bits per heavy atom. The van der Waals surface area contributed by atoms with Gasteiger partial charge in [-0.05, 0) is 36.8 Å². The Labute approximate surface area is 114 Å². The molecule has 0 saturated heterocycles. The van der Waals surface area contributed by atoms with Gasteiger partial charge >= 0.3 is 0 Å². The van der Waals surface area contributed by atoms with Gasteiger partial charge in [0.25, 0.3) is 5.91 Å². The molecule has 20 heavy (non-hydrogen) atoms. The van der Waals surface area contributed by atoms with Crippen LogP contribution in [0.3, 0.4) is 0 Å². The minimum absolute atomic E-state index is 0.269. The largest absolute Gasteiger partial charge is 0.270 e. The highest BCUT2D eigenvalue weighted by atomic mass is 19.1. The van der Waals surface area contributed by atoms with Crippen molar-refractivity contribution in [3.63, 3.8) is 0 Å². The van der Waals surface area contributed by atoms with Crippen molar-refractivity contribution in [2.24, 2.45) is 0 Å². The van der Waals surface area contributed by atoms with Gasteiger partial charge in [-0.1, -0.05) is 18.2 Å². The lowest BCUT2D eigenvalue weighted by Crippen LogP contribution is -2.22. The fourth-order valence-electron chi connectivity index (χ4n) is 1.96. The number of aryl methyl sites for hydroxylation is 1. The van der Waals surface area contributed by atoms with Gasteiger partial charge in [-0.2, -0.15) is 0 Å². The number of rotatable bonds is 2. The first-order valence-electron chi connectivity index (χ1n) is 6.15. The number of imidazole rings is 1. The summed E-state index contributed by atoms with van der Waals surface area (Å²) in [4.78, 5) is 16.3. The van der Waals surface area contributed by atoms with E-state index in [0.29, 0.717) is 5.56 Å². The molecular formula is C15H12FN3O. The van der Waals surface area contributed by atoms with E-state index < -0.39 is 5.82 Å². The minimum Gasteiger partial charge on any atom is -0.267 e. The summed E-state index contributed by atoms with van der Waals surface area (Å²) in [6.45, 7) is 1.65. The first kappa shape index (κ1) is 12.3. The summed E-state index contributed by atoms with van der Waals surface area (Å²) in [5, 5.41) is 0. The average molecular weight is 269 g/mol. The van der Waals surface area contributed by atoms with Crippen molar-refractivity contribution in [1.29, 1.82) is 0 Å². The number of benzene rings is 2. The van der Waals surface area contributed by atoms with E-state index >= 15 is 0 Å². The molecule has 0 atom stereocenters. The summed E-state index contributed by atoms with van der Waals surface area (Å²) in [6, 6.07) is 11.8. The number of nitrogens with zero attached hydrogens (tertiary/aromatic N) is 2. The van der Waals surface area contributed by atoms with Gasteiger partial charge in [0.1, 0.15) is 12.1 Å². The van der Waals surface area contributed by atoms with E-state index in [9.17, 15) is 9.18 Å². The van der Waals surface area contributed by atoms with E-state index in [1.54, 1.807) is 19.1 Å². The smallest absolute Gasteiger partial charge is 0.267 e. The highest BCUT2D eigenvalue weighted by molar-refractivity contribution is 6.00. The SMILES string of the molecule is Cc1ccc(C(=O)Nn2cnc3ccccc32)cc1F. The van der Waals surface area contributed by atoms with Crippen LogP contribution in [0, 0.1) is 12.7 Å². The predicted molar refractivity (Wildman–Crippen MR) is 74.6 cm³/mol. The van der Waals surface area contributed by atoms with Crippen molar-refractivity contribution in [2.45, 2.75) is 6.92 Å². The number of para-hydroxylation sites is 2. The molecule has 100 valence electrons. The Balaban J connectivity index is 1.90. The normalized spacial score (nSPS) is 10.7. The molecule has 0 bridgehead atoms. The van der Waals surface area contributed by atoms with Crippen molar-refractivity contribution in [3.05, 3.63) is 65.7 Å². The Kier molecular flexibility index (Phi) is 2.95. The Hall–Kier alpha value is -2.69. The monoisotopic (exact) mass is 269 g/mol. The molecule has 1 N–H and O–H groups in total. The molecule has 0 aliphatic carbocycles.